The van der Waals surface area contributed by atoms with Gasteiger partial charge in [-0.25, -0.2) is 4.98 Å². The minimum Gasteiger partial charge on any atom is -0.382 e. The van der Waals surface area contributed by atoms with Gasteiger partial charge in [0, 0.05) is 50.8 Å². The second-order valence-electron chi connectivity index (χ2n) is 5.13. The molecule has 0 bridgehead atoms. The van der Waals surface area contributed by atoms with Crippen LogP contribution >= 0.6 is 35.3 Å². The fourth-order valence-electron chi connectivity index (χ4n) is 1.91. The summed E-state index contributed by atoms with van der Waals surface area (Å²) in [6.07, 6.45) is 2.96. The van der Waals surface area contributed by atoms with Gasteiger partial charge in [0.25, 0.3) is 0 Å². The minimum atomic E-state index is 0. The maximum absolute atomic E-state index is 5.43. The van der Waals surface area contributed by atoms with Crippen LogP contribution in [0.1, 0.15) is 30.5 Å². The van der Waals surface area contributed by atoms with Crippen LogP contribution in [0.5, 0.6) is 0 Å². The molecule has 8 heteroatoms. The summed E-state index contributed by atoms with van der Waals surface area (Å²) in [6.45, 7) is 8.66. The summed E-state index contributed by atoms with van der Waals surface area (Å²) < 4.78 is 10.4. The van der Waals surface area contributed by atoms with Crippen LogP contribution in [0.4, 0.5) is 0 Å². The van der Waals surface area contributed by atoms with Gasteiger partial charge in [0.05, 0.1) is 18.2 Å². The smallest absolute Gasteiger partial charge is 0.191 e. The van der Waals surface area contributed by atoms with Crippen LogP contribution in [-0.4, -0.2) is 57.5 Å². The number of methoxy groups -OCH3 is 1. The molecular formula is C16H31IN4O2S. The van der Waals surface area contributed by atoms with Gasteiger partial charge in [0.2, 0.25) is 0 Å². The van der Waals surface area contributed by atoms with Gasteiger partial charge in [-0.2, -0.15) is 0 Å². The molecule has 0 spiro atoms. The van der Waals surface area contributed by atoms with Gasteiger partial charge in [-0.15, -0.1) is 35.3 Å². The predicted octanol–water partition coefficient (Wildman–Crippen LogP) is 2.61. The quantitative estimate of drug-likeness (QED) is 0.213. The van der Waals surface area contributed by atoms with Gasteiger partial charge in [-0.1, -0.05) is 0 Å². The van der Waals surface area contributed by atoms with E-state index in [9.17, 15) is 0 Å². The Labute approximate surface area is 166 Å². The maximum Gasteiger partial charge on any atom is 0.191 e. The van der Waals surface area contributed by atoms with Crippen LogP contribution in [0, 0.1) is 6.92 Å². The number of hydrogen-bond donors (Lipinski definition) is 2. The monoisotopic (exact) mass is 470 g/mol. The molecule has 1 aromatic heterocycles. The lowest BCUT2D eigenvalue weighted by atomic mass is 10.3. The van der Waals surface area contributed by atoms with Crippen molar-refractivity contribution in [2.75, 3.05) is 46.6 Å². The van der Waals surface area contributed by atoms with E-state index in [1.807, 2.05) is 6.92 Å². The van der Waals surface area contributed by atoms with E-state index in [0.29, 0.717) is 13.2 Å². The zero-order valence-corrected chi connectivity index (χ0v) is 18.1. The Morgan fingerprint density at radius 3 is 2.75 bits per heavy atom. The van der Waals surface area contributed by atoms with E-state index >= 15 is 0 Å². The van der Waals surface area contributed by atoms with E-state index in [1.165, 1.54) is 5.01 Å². The zero-order valence-electron chi connectivity index (χ0n) is 15.0. The molecule has 0 fully saturated rings. The number of thiazole rings is 1. The Kier molecular flexibility index (Phi) is 15.7. The summed E-state index contributed by atoms with van der Waals surface area (Å²) in [5, 5.41) is 9.88. The van der Waals surface area contributed by atoms with Crippen LogP contribution in [0.3, 0.4) is 0 Å². The molecule has 0 atom stereocenters. The standard InChI is InChI=1S/C16H30N4O2S.HI/c1-4-17-16(19-9-6-10-22-12-11-21-3)18-8-5-7-15-20-14(2)13-23-15;/h13H,4-12H2,1-3H3,(H2,17,18,19);1H. The van der Waals surface area contributed by atoms with Gasteiger partial charge >= 0.3 is 0 Å². The summed E-state index contributed by atoms with van der Waals surface area (Å²) in [6, 6.07) is 0. The molecule has 0 aliphatic rings. The summed E-state index contributed by atoms with van der Waals surface area (Å²) >= 11 is 1.73. The molecule has 0 saturated heterocycles. The lowest BCUT2D eigenvalue weighted by molar-refractivity contribution is 0.0698. The first-order valence-corrected chi connectivity index (χ1v) is 9.14. The van der Waals surface area contributed by atoms with Gasteiger partial charge in [0.1, 0.15) is 0 Å². The lowest BCUT2D eigenvalue weighted by Crippen LogP contribution is -2.38. The molecule has 2 N–H and O–H groups in total. The number of aryl methyl sites for hydroxylation is 2. The topological polar surface area (TPSA) is 67.8 Å². The Morgan fingerprint density at radius 2 is 2.08 bits per heavy atom. The molecule has 0 saturated carbocycles. The first kappa shape index (κ1) is 23.5. The van der Waals surface area contributed by atoms with Gasteiger partial charge in [-0.05, 0) is 26.7 Å². The Balaban J connectivity index is 0.00000529. The molecule has 1 heterocycles. The van der Waals surface area contributed by atoms with E-state index in [1.54, 1.807) is 18.4 Å². The number of aliphatic imine (C=N–C) groups is 1. The Hall–Kier alpha value is -0.450. The first-order chi connectivity index (χ1) is 11.3. The van der Waals surface area contributed by atoms with Crippen molar-refractivity contribution in [1.82, 2.24) is 15.6 Å². The van der Waals surface area contributed by atoms with Crippen LogP contribution in [0.15, 0.2) is 10.4 Å². The SMILES string of the molecule is CCNC(=NCCCc1nc(C)cs1)NCCCOCCOC.I. The highest BCUT2D eigenvalue weighted by molar-refractivity contribution is 14.0. The highest BCUT2D eigenvalue weighted by atomic mass is 127. The highest BCUT2D eigenvalue weighted by Gasteiger charge is 1.99. The van der Waals surface area contributed by atoms with Crippen molar-refractivity contribution in [2.24, 2.45) is 4.99 Å². The van der Waals surface area contributed by atoms with E-state index in [0.717, 1.165) is 57.2 Å². The Bertz CT molecular complexity index is 443. The summed E-state index contributed by atoms with van der Waals surface area (Å²) in [5.41, 5.74) is 1.11. The molecule has 6 nitrogen and oxygen atoms in total. The number of guanidine groups is 1. The zero-order chi connectivity index (χ0) is 16.8. The maximum atomic E-state index is 5.43. The molecule has 0 aromatic carbocycles. The third-order valence-corrected chi connectivity index (χ3v) is 4.05. The molecule has 1 rings (SSSR count). The summed E-state index contributed by atoms with van der Waals surface area (Å²) in [7, 11) is 1.68. The van der Waals surface area contributed by atoms with Crippen LogP contribution < -0.4 is 10.6 Å². The fraction of sp³-hybridized carbons (Fsp3) is 0.750. The average molecular weight is 470 g/mol. The third-order valence-electron chi connectivity index (χ3n) is 3.02. The fourth-order valence-corrected chi connectivity index (χ4v) is 2.72. The third kappa shape index (κ3) is 12.0. The van der Waals surface area contributed by atoms with Crippen molar-refractivity contribution in [3.63, 3.8) is 0 Å². The molecule has 0 aliphatic heterocycles. The second-order valence-corrected chi connectivity index (χ2v) is 6.07. The highest BCUT2D eigenvalue weighted by Crippen LogP contribution is 2.10. The molecule has 0 amide bonds. The van der Waals surface area contributed by atoms with Gasteiger partial charge < -0.3 is 20.1 Å². The van der Waals surface area contributed by atoms with Gasteiger partial charge in [-0.3, -0.25) is 4.99 Å². The normalized spacial score (nSPS) is 11.2. The number of nitrogens with one attached hydrogen (secondary N) is 2. The second kappa shape index (κ2) is 16.0. The van der Waals surface area contributed by atoms with E-state index in [2.05, 4.69) is 32.9 Å². The molecule has 0 radical (unpaired) electrons. The number of nitrogens with zero attached hydrogens (tertiary/aromatic N) is 2. The van der Waals surface area contributed by atoms with Crippen molar-refractivity contribution in [1.29, 1.82) is 0 Å². The largest absolute Gasteiger partial charge is 0.382 e. The number of aromatic nitrogens is 1. The van der Waals surface area contributed by atoms with Crippen LogP contribution in [0.25, 0.3) is 0 Å². The van der Waals surface area contributed by atoms with Crippen molar-refractivity contribution >= 4 is 41.3 Å². The van der Waals surface area contributed by atoms with Crippen molar-refractivity contribution in [2.45, 2.75) is 33.1 Å². The number of hydrogen-bond acceptors (Lipinski definition) is 5. The van der Waals surface area contributed by atoms with Gasteiger partial charge in [0.15, 0.2) is 5.96 Å². The Morgan fingerprint density at radius 1 is 1.25 bits per heavy atom. The molecule has 1 aromatic rings. The number of ether oxygens (including phenoxy) is 2. The van der Waals surface area contributed by atoms with Crippen molar-refractivity contribution in [3.05, 3.63) is 16.1 Å². The molecule has 0 unspecified atom stereocenters. The van der Waals surface area contributed by atoms with E-state index in [4.69, 9.17) is 9.47 Å². The number of rotatable bonds is 12. The van der Waals surface area contributed by atoms with Crippen LogP contribution in [0.2, 0.25) is 0 Å². The molecule has 0 aliphatic carbocycles. The summed E-state index contributed by atoms with van der Waals surface area (Å²) in [5.74, 6) is 0.875. The van der Waals surface area contributed by atoms with E-state index < -0.39 is 0 Å². The van der Waals surface area contributed by atoms with E-state index in [-0.39, 0.29) is 24.0 Å². The predicted molar refractivity (Wildman–Crippen MR) is 112 cm³/mol. The minimum absolute atomic E-state index is 0. The van der Waals surface area contributed by atoms with Crippen LogP contribution in [-0.2, 0) is 15.9 Å². The lowest BCUT2D eigenvalue weighted by Gasteiger charge is -2.11. The number of halogens is 1. The van der Waals surface area contributed by atoms with Crippen molar-refractivity contribution in [3.8, 4) is 0 Å². The molecular weight excluding hydrogens is 439 g/mol. The average Bonchev–Trinajstić information content (AvgIpc) is 2.96. The molecule has 140 valence electrons. The first-order valence-electron chi connectivity index (χ1n) is 8.26. The van der Waals surface area contributed by atoms with Crippen molar-refractivity contribution < 1.29 is 9.47 Å². The summed E-state index contributed by atoms with van der Waals surface area (Å²) in [4.78, 5) is 9.06. The molecule has 24 heavy (non-hydrogen) atoms.